The summed E-state index contributed by atoms with van der Waals surface area (Å²) in [7, 11) is -3.77. The van der Waals surface area contributed by atoms with Gasteiger partial charge in [-0.1, -0.05) is 37.5 Å². The van der Waals surface area contributed by atoms with E-state index >= 15 is 0 Å². The number of carbonyl (C=O) groups is 1. The third-order valence-electron chi connectivity index (χ3n) is 5.91. The van der Waals surface area contributed by atoms with Crippen molar-refractivity contribution in [3.63, 3.8) is 0 Å². The number of benzene rings is 1. The molecule has 0 radical (unpaired) electrons. The molecular weight excluding hydrogens is 387 g/mol. The van der Waals surface area contributed by atoms with Gasteiger partial charge in [0.05, 0.1) is 18.8 Å². The molecule has 29 heavy (non-hydrogen) atoms. The number of Topliss-reactive ketones (excluding diaryl/α,β-unsaturated/α-hetero) is 1. The molecular formula is C23H33O5P. The van der Waals surface area contributed by atoms with Crippen LogP contribution in [0.25, 0.3) is 5.57 Å². The third kappa shape index (κ3) is 4.38. The summed E-state index contributed by atoms with van der Waals surface area (Å²) in [5.41, 5.74) is 4.87. The van der Waals surface area contributed by atoms with E-state index in [4.69, 9.17) is 13.6 Å². The number of carbonyl (C=O) groups excluding carboxylic acids is 1. The van der Waals surface area contributed by atoms with E-state index in [1.165, 1.54) is 5.56 Å². The van der Waals surface area contributed by atoms with E-state index in [1.807, 2.05) is 6.92 Å². The van der Waals surface area contributed by atoms with Gasteiger partial charge in [-0.3, -0.25) is 13.8 Å². The van der Waals surface area contributed by atoms with Gasteiger partial charge in [-0.15, -0.1) is 0 Å². The van der Waals surface area contributed by atoms with Gasteiger partial charge in [-0.2, -0.15) is 0 Å². The summed E-state index contributed by atoms with van der Waals surface area (Å²) in [6, 6.07) is 4.23. The number of aryl methyl sites for hydroxylation is 3. The lowest BCUT2D eigenvalue weighted by molar-refractivity contribution is -0.118. The van der Waals surface area contributed by atoms with Crippen LogP contribution < -0.4 is 0 Å². The third-order valence-corrected chi connectivity index (χ3v) is 7.48. The summed E-state index contributed by atoms with van der Waals surface area (Å²) in [6.45, 7) is 10.1. The first-order chi connectivity index (χ1) is 13.8. The molecule has 5 nitrogen and oxygen atoms in total. The zero-order chi connectivity index (χ0) is 21.2. The largest absolute Gasteiger partial charge is 0.529 e. The van der Waals surface area contributed by atoms with Gasteiger partial charge in [-0.05, 0) is 63.6 Å². The van der Waals surface area contributed by atoms with Crippen LogP contribution in [-0.4, -0.2) is 19.0 Å². The van der Waals surface area contributed by atoms with Crippen molar-refractivity contribution in [2.24, 2.45) is 11.8 Å². The molecule has 0 spiro atoms. The van der Waals surface area contributed by atoms with Gasteiger partial charge in [-0.25, -0.2) is 4.57 Å². The number of phosphoric ester groups is 1. The number of ketones is 1. The first-order valence-electron chi connectivity index (χ1n) is 10.8. The fourth-order valence-electron chi connectivity index (χ4n) is 4.83. The lowest BCUT2D eigenvalue weighted by atomic mass is 9.80. The standard InChI is InChI=1S/C23H33O5P/c1-6-17-14-15(4)13-16(5)20(17)21-22(24)18-11-9-10-12-19(18)23(21)28-29(25,26-7-2)27-8-3/h13-14,18-19H,6-12H2,1-5H3. The van der Waals surface area contributed by atoms with Crippen LogP contribution in [0.4, 0.5) is 0 Å². The van der Waals surface area contributed by atoms with Crippen molar-refractivity contribution in [1.82, 2.24) is 0 Å². The van der Waals surface area contributed by atoms with E-state index in [1.54, 1.807) is 13.8 Å². The normalized spacial score (nSPS) is 22.2. The number of hydrogen-bond donors (Lipinski definition) is 0. The molecule has 0 aromatic heterocycles. The fourth-order valence-corrected chi connectivity index (χ4v) is 6.11. The van der Waals surface area contributed by atoms with Gasteiger partial charge in [0.1, 0.15) is 5.76 Å². The van der Waals surface area contributed by atoms with Crippen molar-refractivity contribution in [3.05, 3.63) is 40.1 Å². The maximum Gasteiger partial charge on any atom is 0.529 e. The first kappa shape index (κ1) is 22.3. The monoisotopic (exact) mass is 420 g/mol. The maximum absolute atomic E-state index is 13.5. The molecule has 2 unspecified atom stereocenters. The molecule has 1 aromatic rings. The molecule has 0 saturated heterocycles. The Balaban J connectivity index is 2.19. The molecule has 0 aliphatic heterocycles. The van der Waals surface area contributed by atoms with Crippen molar-refractivity contribution in [1.29, 1.82) is 0 Å². The minimum absolute atomic E-state index is 0.0501. The zero-order valence-corrected chi connectivity index (χ0v) is 19.1. The van der Waals surface area contributed by atoms with Crippen LogP contribution in [0, 0.1) is 25.7 Å². The predicted octanol–water partition coefficient (Wildman–Crippen LogP) is 6.16. The van der Waals surface area contributed by atoms with E-state index < -0.39 is 7.82 Å². The average Bonchev–Trinajstić information content (AvgIpc) is 2.93. The van der Waals surface area contributed by atoms with Crippen LogP contribution >= 0.6 is 7.82 Å². The smallest absolute Gasteiger partial charge is 0.407 e. The zero-order valence-electron chi connectivity index (χ0n) is 18.2. The summed E-state index contributed by atoms with van der Waals surface area (Å²) in [5.74, 6) is 0.485. The number of hydrogen-bond acceptors (Lipinski definition) is 5. The second kappa shape index (κ2) is 9.16. The van der Waals surface area contributed by atoms with E-state index in [2.05, 4.69) is 26.0 Å². The highest BCUT2D eigenvalue weighted by Crippen LogP contribution is 2.58. The minimum atomic E-state index is -3.77. The maximum atomic E-state index is 13.5. The SMILES string of the molecule is CCOP(=O)(OCC)OC1=C(c2c(C)cc(C)cc2CC)C(=O)C2CCCCC12. The molecule has 1 fully saturated rings. The summed E-state index contributed by atoms with van der Waals surface area (Å²) in [6.07, 6.45) is 4.59. The molecule has 2 atom stereocenters. The molecule has 0 bridgehead atoms. The van der Waals surface area contributed by atoms with Gasteiger partial charge in [0.15, 0.2) is 5.78 Å². The fraction of sp³-hybridized carbons (Fsp3) is 0.609. The van der Waals surface area contributed by atoms with Gasteiger partial charge in [0.25, 0.3) is 0 Å². The van der Waals surface area contributed by atoms with Crippen molar-refractivity contribution in [2.75, 3.05) is 13.2 Å². The predicted molar refractivity (Wildman–Crippen MR) is 115 cm³/mol. The molecule has 2 aliphatic rings. The summed E-state index contributed by atoms with van der Waals surface area (Å²) in [4.78, 5) is 13.5. The van der Waals surface area contributed by atoms with Crippen LogP contribution in [-0.2, 0) is 29.4 Å². The lowest BCUT2D eigenvalue weighted by Crippen LogP contribution is -2.22. The Hall–Kier alpha value is -1.42. The number of allylic oxidation sites excluding steroid dienone is 2. The van der Waals surface area contributed by atoms with Crippen molar-refractivity contribution in [2.45, 2.75) is 66.7 Å². The molecule has 0 amide bonds. The van der Waals surface area contributed by atoms with Gasteiger partial charge in [0, 0.05) is 11.8 Å². The van der Waals surface area contributed by atoms with Crippen molar-refractivity contribution < 1.29 is 22.9 Å². The first-order valence-corrected chi connectivity index (χ1v) is 12.3. The molecule has 6 heteroatoms. The summed E-state index contributed by atoms with van der Waals surface area (Å²) in [5, 5.41) is 0. The average molecular weight is 420 g/mol. The van der Waals surface area contributed by atoms with Crippen molar-refractivity contribution in [3.8, 4) is 0 Å². The van der Waals surface area contributed by atoms with Gasteiger partial charge in [0.2, 0.25) is 0 Å². The number of fused-ring (bicyclic) bond motifs is 1. The Labute approximate surface area is 174 Å². The summed E-state index contributed by atoms with van der Waals surface area (Å²) < 4.78 is 30.1. The molecule has 0 N–H and O–H groups in total. The van der Waals surface area contributed by atoms with Gasteiger partial charge >= 0.3 is 7.82 Å². The highest BCUT2D eigenvalue weighted by atomic mass is 31.2. The molecule has 1 aromatic carbocycles. The van der Waals surface area contributed by atoms with Crippen molar-refractivity contribution >= 4 is 19.2 Å². The highest BCUT2D eigenvalue weighted by Gasteiger charge is 2.48. The number of phosphoric acid groups is 1. The molecule has 3 rings (SSSR count). The van der Waals surface area contributed by atoms with Gasteiger partial charge < -0.3 is 4.52 Å². The Morgan fingerprint density at radius 2 is 1.62 bits per heavy atom. The van der Waals surface area contributed by atoms with Crippen LogP contribution in [0.2, 0.25) is 0 Å². The lowest BCUT2D eigenvalue weighted by Gasteiger charge is -2.27. The second-order valence-corrected chi connectivity index (χ2v) is 9.54. The number of rotatable bonds is 8. The highest BCUT2D eigenvalue weighted by molar-refractivity contribution is 7.48. The Morgan fingerprint density at radius 3 is 2.21 bits per heavy atom. The van der Waals surface area contributed by atoms with Crippen LogP contribution in [0.3, 0.4) is 0 Å². The van der Waals surface area contributed by atoms with E-state index in [0.717, 1.165) is 48.8 Å². The Kier molecular flexibility index (Phi) is 7.03. The van der Waals surface area contributed by atoms with E-state index in [-0.39, 0.29) is 30.8 Å². The van der Waals surface area contributed by atoms with E-state index in [9.17, 15) is 9.36 Å². The molecule has 0 heterocycles. The van der Waals surface area contributed by atoms with E-state index in [0.29, 0.717) is 11.3 Å². The molecule has 2 aliphatic carbocycles. The minimum Gasteiger partial charge on any atom is -0.407 e. The van der Waals surface area contributed by atoms with Crippen LogP contribution in [0.1, 0.15) is 68.7 Å². The topological polar surface area (TPSA) is 61.8 Å². The van der Waals surface area contributed by atoms with Crippen LogP contribution in [0.15, 0.2) is 17.9 Å². The molecule has 1 saturated carbocycles. The summed E-state index contributed by atoms with van der Waals surface area (Å²) >= 11 is 0. The second-order valence-electron chi connectivity index (χ2n) is 7.94. The molecule has 160 valence electrons. The quantitative estimate of drug-likeness (QED) is 0.471. The Morgan fingerprint density at radius 1 is 1.00 bits per heavy atom. The Bertz CT molecular complexity index is 847. The van der Waals surface area contributed by atoms with Crippen LogP contribution in [0.5, 0.6) is 0 Å².